The largest absolute Gasteiger partial charge is 0.496 e. The van der Waals surface area contributed by atoms with Gasteiger partial charge in [-0.3, -0.25) is 10.9 Å². The minimum Gasteiger partial charge on any atom is -0.496 e. The maximum atomic E-state index is 5.59. The molecule has 1 unspecified atom stereocenters. The lowest BCUT2D eigenvalue weighted by molar-refractivity contribution is 0.375. The number of rotatable bonds is 5. The number of aromatic amines is 1. The highest BCUT2D eigenvalue weighted by Crippen LogP contribution is 2.35. The molecule has 1 aromatic heterocycles. The van der Waals surface area contributed by atoms with E-state index >= 15 is 0 Å². The van der Waals surface area contributed by atoms with Gasteiger partial charge in [0, 0.05) is 0 Å². The molecule has 1 atom stereocenters. The molecule has 1 aromatic carbocycles. The second kappa shape index (κ2) is 5.48. The first kappa shape index (κ1) is 12.3. The SMILES string of the molecule is COc1cccc(OC)c1C(NN)c1ncn[nH]1. The van der Waals surface area contributed by atoms with Crippen molar-refractivity contribution in [1.29, 1.82) is 0 Å². The van der Waals surface area contributed by atoms with Crippen molar-refractivity contribution in [2.24, 2.45) is 5.84 Å². The van der Waals surface area contributed by atoms with Gasteiger partial charge in [-0.05, 0) is 12.1 Å². The summed E-state index contributed by atoms with van der Waals surface area (Å²) in [5.74, 6) is 7.50. The number of aromatic nitrogens is 3. The molecular weight excluding hydrogens is 234 g/mol. The zero-order chi connectivity index (χ0) is 13.0. The number of hydrogen-bond donors (Lipinski definition) is 3. The average Bonchev–Trinajstić information content (AvgIpc) is 2.93. The van der Waals surface area contributed by atoms with E-state index < -0.39 is 6.04 Å². The molecule has 7 heteroatoms. The van der Waals surface area contributed by atoms with Crippen molar-refractivity contribution in [2.75, 3.05) is 14.2 Å². The van der Waals surface area contributed by atoms with Crippen LogP contribution in [-0.4, -0.2) is 29.4 Å². The monoisotopic (exact) mass is 249 g/mol. The van der Waals surface area contributed by atoms with Gasteiger partial charge in [0.05, 0.1) is 19.8 Å². The zero-order valence-corrected chi connectivity index (χ0v) is 10.2. The minimum atomic E-state index is -0.390. The van der Waals surface area contributed by atoms with Crippen molar-refractivity contribution < 1.29 is 9.47 Å². The molecule has 4 N–H and O–H groups in total. The Labute approximate surface area is 104 Å². The van der Waals surface area contributed by atoms with Crippen LogP contribution in [0, 0.1) is 0 Å². The average molecular weight is 249 g/mol. The topological polar surface area (TPSA) is 98.1 Å². The zero-order valence-electron chi connectivity index (χ0n) is 10.2. The van der Waals surface area contributed by atoms with Crippen molar-refractivity contribution in [3.8, 4) is 11.5 Å². The maximum Gasteiger partial charge on any atom is 0.147 e. The van der Waals surface area contributed by atoms with Crippen LogP contribution in [0.2, 0.25) is 0 Å². The molecule has 0 spiro atoms. The maximum absolute atomic E-state index is 5.59. The smallest absolute Gasteiger partial charge is 0.147 e. The van der Waals surface area contributed by atoms with E-state index in [4.69, 9.17) is 15.3 Å². The van der Waals surface area contributed by atoms with Gasteiger partial charge in [0.2, 0.25) is 0 Å². The first-order valence-electron chi connectivity index (χ1n) is 5.34. The van der Waals surface area contributed by atoms with Crippen molar-refractivity contribution in [3.05, 3.63) is 35.9 Å². The molecule has 0 amide bonds. The Bertz CT molecular complexity index is 478. The lowest BCUT2D eigenvalue weighted by Crippen LogP contribution is -2.30. The number of hydrazine groups is 1. The summed E-state index contributed by atoms with van der Waals surface area (Å²) in [5, 5.41) is 6.59. The van der Waals surface area contributed by atoms with Crippen LogP contribution in [0.5, 0.6) is 11.5 Å². The van der Waals surface area contributed by atoms with Crippen molar-refractivity contribution in [2.45, 2.75) is 6.04 Å². The molecule has 0 bridgehead atoms. The van der Waals surface area contributed by atoms with Gasteiger partial charge in [0.25, 0.3) is 0 Å². The van der Waals surface area contributed by atoms with E-state index in [2.05, 4.69) is 20.6 Å². The van der Waals surface area contributed by atoms with Crippen LogP contribution in [0.25, 0.3) is 0 Å². The number of benzene rings is 1. The summed E-state index contributed by atoms with van der Waals surface area (Å²) >= 11 is 0. The van der Waals surface area contributed by atoms with E-state index in [0.29, 0.717) is 17.3 Å². The predicted molar refractivity (Wildman–Crippen MR) is 65.1 cm³/mol. The molecule has 0 aliphatic carbocycles. The number of methoxy groups -OCH3 is 2. The van der Waals surface area contributed by atoms with E-state index in [0.717, 1.165) is 5.56 Å². The fourth-order valence-corrected chi connectivity index (χ4v) is 1.82. The molecule has 0 aliphatic rings. The van der Waals surface area contributed by atoms with Gasteiger partial charge in [-0.15, -0.1) is 0 Å². The predicted octanol–water partition coefficient (Wildman–Crippen LogP) is 0.375. The number of nitrogens with one attached hydrogen (secondary N) is 2. The summed E-state index contributed by atoms with van der Waals surface area (Å²) in [6.45, 7) is 0. The Hall–Kier alpha value is -2.12. The Morgan fingerprint density at radius 3 is 2.39 bits per heavy atom. The standard InChI is InChI=1S/C11H15N5O2/c1-17-7-4-3-5-8(18-2)9(7)10(15-12)11-13-6-14-16-11/h3-6,10,15H,12H2,1-2H3,(H,13,14,16). The Morgan fingerprint density at radius 2 is 1.94 bits per heavy atom. The van der Waals surface area contributed by atoms with Crippen LogP contribution < -0.4 is 20.7 Å². The third-order valence-electron chi connectivity index (χ3n) is 2.63. The highest BCUT2D eigenvalue weighted by molar-refractivity contribution is 5.48. The molecule has 0 fully saturated rings. The van der Waals surface area contributed by atoms with Gasteiger partial charge in [0.15, 0.2) is 0 Å². The van der Waals surface area contributed by atoms with Crippen molar-refractivity contribution >= 4 is 0 Å². The molecule has 0 aliphatic heterocycles. The summed E-state index contributed by atoms with van der Waals surface area (Å²) in [6, 6.07) is 5.12. The van der Waals surface area contributed by atoms with Crippen LogP contribution in [0.4, 0.5) is 0 Å². The quantitative estimate of drug-likeness (QED) is 0.523. The third-order valence-corrected chi connectivity index (χ3v) is 2.63. The van der Waals surface area contributed by atoms with Crippen LogP contribution in [0.1, 0.15) is 17.4 Å². The van der Waals surface area contributed by atoms with Gasteiger partial charge in [0.1, 0.15) is 29.7 Å². The summed E-state index contributed by atoms with van der Waals surface area (Å²) in [7, 11) is 3.18. The van der Waals surface area contributed by atoms with Gasteiger partial charge in [-0.1, -0.05) is 6.07 Å². The molecule has 0 saturated carbocycles. The number of nitrogens with zero attached hydrogens (tertiary/aromatic N) is 2. The normalized spacial score (nSPS) is 12.2. The second-order valence-electron chi connectivity index (χ2n) is 3.55. The fourth-order valence-electron chi connectivity index (χ4n) is 1.82. The van der Waals surface area contributed by atoms with Crippen LogP contribution in [0.3, 0.4) is 0 Å². The number of nitrogens with two attached hydrogens (primary N) is 1. The summed E-state index contributed by atoms with van der Waals surface area (Å²) in [6.07, 6.45) is 1.42. The van der Waals surface area contributed by atoms with Crippen LogP contribution in [0.15, 0.2) is 24.5 Å². The number of ether oxygens (including phenoxy) is 2. The van der Waals surface area contributed by atoms with Crippen molar-refractivity contribution in [3.63, 3.8) is 0 Å². The van der Waals surface area contributed by atoms with E-state index in [1.165, 1.54) is 6.33 Å². The summed E-state index contributed by atoms with van der Waals surface area (Å²) in [4.78, 5) is 4.09. The molecule has 2 aromatic rings. The van der Waals surface area contributed by atoms with Gasteiger partial charge in [-0.2, -0.15) is 5.10 Å². The Kier molecular flexibility index (Phi) is 3.75. The van der Waals surface area contributed by atoms with E-state index in [9.17, 15) is 0 Å². The first-order valence-corrected chi connectivity index (χ1v) is 5.34. The fraction of sp³-hybridized carbons (Fsp3) is 0.273. The highest BCUT2D eigenvalue weighted by Gasteiger charge is 2.23. The lowest BCUT2D eigenvalue weighted by Gasteiger charge is -2.19. The molecule has 0 radical (unpaired) electrons. The molecule has 96 valence electrons. The number of hydrogen-bond acceptors (Lipinski definition) is 6. The first-order chi connectivity index (χ1) is 8.81. The summed E-state index contributed by atoms with van der Waals surface area (Å²) in [5.41, 5.74) is 3.44. The molecule has 0 saturated heterocycles. The Balaban J connectivity index is 2.53. The highest BCUT2D eigenvalue weighted by atomic mass is 16.5. The van der Waals surface area contributed by atoms with Crippen LogP contribution in [-0.2, 0) is 0 Å². The van der Waals surface area contributed by atoms with Gasteiger partial charge in [-0.25, -0.2) is 10.4 Å². The Morgan fingerprint density at radius 1 is 1.28 bits per heavy atom. The number of H-pyrrole nitrogens is 1. The molecule has 2 rings (SSSR count). The van der Waals surface area contributed by atoms with E-state index in [1.807, 2.05) is 18.2 Å². The van der Waals surface area contributed by atoms with E-state index in [-0.39, 0.29) is 0 Å². The van der Waals surface area contributed by atoms with Crippen LogP contribution >= 0.6 is 0 Å². The van der Waals surface area contributed by atoms with E-state index in [1.54, 1.807) is 14.2 Å². The van der Waals surface area contributed by atoms with Gasteiger partial charge < -0.3 is 9.47 Å². The molecular formula is C11H15N5O2. The third kappa shape index (κ3) is 2.13. The molecule has 7 nitrogen and oxygen atoms in total. The molecule has 18 heavy (non-hydrogen) atoms. The second-order valence-corrected chi connectivity index (χ2v) is 3.55. The summed E-state index contributed by atoms with van der Waals surface area (Å²) < 4.78 is 10.7. The lowest BCUT2D eigenvalue weighted by atomic mass is 10.0. The molecule has 1 heterocycles. The van der Waals surface area contributed by atoms with Gasteiger partial charge >= 0.3 is 0 Å². The minimum absolute atomic E-state index is 0.390. The van der Waals surface area contributed by atoms with Crippen molar-refractivity contribution in [1.82, 2.24) is 20.6 Å².